The topological polar surface area (TPSA) is 47.6 Å². The van der Waals surface area contributed by atoms with Crippen LogP contribution in [-0.4, -0.2) is 0 Å². The first-order valence-electron chi connectivity index (χ1n) is 5.39. The van der Waals surface area contributed by atoms with Gasteiger partial charge in [-0.1, -0.05) is 6.07 Å². The van der Waals surface area contributed by atoms with Gasteiger partial charge in [-0.3, -0.25) is 0 Å². The molecule has 0 aliphatic carbocycles. The van der Waals surface area contributed by atoms with Crippen molar-refractivity contribution in [2.75, 3.05) is 0 Å². The summed E-state index contributed by atoms with van der Waals surface area (Å²) in [7, 11) is 0. The molecule has 3 rings (SSSR count). The third-order valence-electron chi connectivity index (χ3n) is 2.62. The summed E-state index contributed by atoms with van der Waals surface area (Å²) in [5.41, 5.74) is 0.959. The number of nitriles is 2. The minimum absolute atomic E-state index is 0.466. The fourth-order valence-electron chi connectivity index (χ4n) is 1.74. The molecular formula is C14H6N2S3. The second-order valence-corrected chi connectivity index (χ2v) is 6.63. The SMILES string of the molecule is N#Cc1csc(-c2ccc(-c3cccs3)s2)c1C#N. The molecule has 3 aromatic rings. The average Bonchev–Trinajstić information content (AvgIpc) is 3.16. The van der Waals surface area contributed by atoms with Gasteiger partial charge in [0.1, 0.15) is 12.1 Å². The first-order chi connectivity index (χ1) is 9.33. The van der Waals surface area contributed by atoms with Gasteiger partial charge in [0.2, 0.25) is 0 Å². The Kier molecular flexibility index (Phi) is 3.18. The van der Waals surface area contributed by atoms with Crippen molar-refractivity contribution in [2.45, 2.75) is 0 Å². The number of thiophene rings is 3. The molecule has 19 heavy (non-hydrogen) atoms. The van der Waals surface area contributed by atoms with Crippen molar-refractivity contribution < 1.29 is 0 Å². The van der Waals surface area contributed by atoms with Crippen molar-refractivity contribution in [1.29, 1.82) is 10.5 Å². The second kappa shape index (κ2) is 4.99. The number of rotatable bonds is 2. The monoisotopic (exact) mass is 298 g/mol. The molecule has 0 aromatic carbocycles. The van der Waals surface area contributed by atoms with E-state index in [1.54, 1.807) is 28.1 Å². The summed E-state index contributed by atoms with van der Waals surface area (Å²) in [5, 5.41) is 22.0. The molecule has 0 amide bonds. The molecule has 3 heterocycles. The van der Waals surface area contributed by atoms with Gasteiger partial charge in [0.15, 0.2) is 0 Å². The van der Waals surface area contributed by atoms with Crippen molar-refractivity contribution in [1.82, 2.24) is 0 Å². The molecule has 5 heteroatoms. The lowest BCUT2D eigenvalue weighted by molar-refractivity contribution is 1.47. The van der Waals surface area contributed by atoms with Crippen LogP contribution in [0.5, 0.6) is 0 Å². The maximum atomic E-state index is 9.18. The Hall–Kier alpha value is -1.92. The van der Waals surface area contributed by atoms with Crippen LogP contribution in [-0.2, 0) is 0 Å². The predicted molar refractivity (Wildman–Crippen MR) is 80.4 cm³/mol. The summed E-state index contributed by atoms with van der Waals surface area (Å²) in [4.78, 5) is 4.37. The van der Waals surface area contributed by atoms with E-state index in [2.05, 4.69) is 24.3 Å². The molecule has 0 aliphatic rings. The van der Waals surface area contributed by atoms with E-state index in [9.17, 15) is 5.26 Å². The zero-order valence-corrected chi connectivity index (χ0v) is 12.0. The number of hydrogen-bond acceptors (Lipinski definition) is 5. The van der Waals surface area contributed by atoms with Crippen LogP contribution in [0.4, 0.5) is 0 Å². The first kappa shape index (κ1) is 12.1. The summed E-state index contributed by atoms with van der Waals surface area (Å²) >= 11 is 4.82. The van der Waals surface area contributed by atoms with Crippen LogP contribution in [0.25, 0.3) is 19.5 Å². The van der Waals surface area contributed by atoms with Crippen LogP contribution in [0.15, 0.2) is 35.0 Å². The van der Waals surface area contributed by atoms with Gasteiger partial charge in [-0.25, -0.2) is 0 Å². The highest BCUT2D eigenvalue weighted by atomic mass is 32.1. The molecule has 0 aliphatic heterocycles. The van der Waals surface area contributed by atoms with Gasteiger partial charge >= 0.3 is 0 Å². The van der Waals surface area contributed by atoms with Gasteiger partial charge in [0, 0.05) is 20.0 Å². The summed E-state index contributed by atoms with van der Waals surface area (Å²) in [5.74, 6) is 0. The van der Waals surface area contributed by atoms with E-state index in [1.165, 1.54) is 21.1 Å². The predicted octanol–water partition coefficient (Wildman–Crippen LogP) is 4.95. The van der Waals surface area contributed by atoms with E-state index in [0.29, 0.717) is 11.1 Å². The molecule has 0 N–H and O–H groups in total. The van der Waals surface area contributed by atoms with Crippen LogP contribution in [0.1, 0.15) is 11.1 Å². The number of hydrogen-bond donors (Lipinski definition) is 0. The molecule has 0 fully saturated rings. The molecule has 0 atom stereocenters. The van der Waals surface area contributed by atoms with Gasteiger partial charge < -0.3 is 0 Å². The minimum atomic E-state index is 0.466. The Morgan fingerprint density at radius 2 is 1.74 bits per heavy atom. The van der Waals surface area contributed by atoms with Crippen molar-refractivity contribution in [3.05, 3.63) is 46.2 Å². The molecule has 0 radical (unpaired) electrons. The van der Waals surface area contributed by atoms with Gasteiger partial charge in [-0.15, -0.1) is 34.0 Å². The van der Waals surface area contributed by atoms with Crippen LogP contribution in [0.2, 0.25) is 0 Å². The smallest absolute Gasteiger partial charge is 0.102 e. The lowest BCUT2D eigenvalue weighted by atomic mass is 10.1. The maximum Gasteiger partial charge on any atom is 0.102 e. The second-order valence-electron chi connectivity index (χ2n) is 3.72. The highest BCUT2D eigenvalue weighted by Gasteiger charge is 2.15. The van der Waals surface area contributed by atoms with Crippen LogP contribution < -0.4 is 0 Å². The minimum Gasteiger partial charge on any atom is -0.192 e. The molecule has 0 bridgehead atoms. The lowest BCUT2D eigenvalue weighted by Gasteiger charge is -1.92. The normalized spacial score (nSPS) is 10.0. The summed E-state index contributed by atoms with van der Waals surface area (Å²) in [6, 6.07) is 12.4. The molecule has 3 aromatic heterocycles. The Bertz CT molecular complexity index is 795. The summed E-state index contributed by atoms with van der Waals surface area (Å²) in [6.45, 7) is 0. The molecule has 0 spiro atoms. The Morgan fingerprint density at radius 3 is 2.42 bits per heavy atom. The van der Waals surface area contributed by atoms with E-state index in [1.807, 2.05) is 17.5 Å². The summed E-state index contributed by atoms with van der Waals surface area (Å²) in [6.07, 6.45) is 0. The third-order valence-corrected chi connectivity index (χ3v) is 5.93. The van der Waals surface area contributed by atoms with Gasteiger partial charge in [-0.2, -0.15) is 10.5 Å². The quantitative estimate of drug-likeness (QED) is 0.672. The standard InChI is InChI=1S/C14H6N2S3/c15-6-9-8-18-14(10(9)7-16)13-4-3-12(19-13)11-2-1-5-17-11/h1-5,8H. The molecule has 90 valence electrons. The average molecular weight is 298 g/mol. The van der Waals surface area contributed by atoms with Crippen molar-refractivity contribution in [2.24, 2.45) is 0 Å². The highest BCUT2D eigenvalue weighted by Crippen LogP contribution is 2.40. The fraction of sp³-hybridized carbons (Fsp3) is 0. The van der Waals surface area contributed by atoms with Crippen LogP contribution >= 0.6 is 34.0 Å². The maximum absolute atomic E-state index is 9.18. The Morgan fingerprint density at radius 1 is 0.895 bits per heavy atom. The van der Waals surface area contributed by atoms with E-state index in [4.69, 9.17) is 5.26 Å². The van der Waals surface area contributed by atoms with Crippen molar-refractivity contribution in [3.63, 3.8) is 0 Å². The van der Waals surface area contributed by atoms with Gasteiger partial charge in [-0.05, 0) is 23.6 Å². The van der Waals surface area contributed by atoms with Crippen LogP contribution in [0, 0.1) is 22.7 Å². The van der Waals surface area contributed by atoms with E-state index >= 15 is 0 Å². The summed E-state index contributed by atoms with van der Waals surface area (Å²) < 4.78 is 0. The largest absolute Gasteiger partial charge is 0.192 e. The molecule has 0 saturated heterocycles. The lowest BCUT2D eigenvalue weighted by Crippen LogP contribution is -1.77. The third kappa shape index (κ3) is 2.09. The van der Waals surface area contributed by atoms with Crippen LogP contribution in [0.3, 0.4) is 0 Å². The zero-order valence-electron chi connectivity index (χ0n) is 9.58. The molecule has 0 unspecified atom stereocenters. The number of nitrogens with zero attached hydrogens (tertiary/aromatic N) is 2. The Labute approximate surface area is 122 Å². The molecular weight excluding hydrogens is 292 g/mol. The zero-order chi connectivity index (χ0) is 13.2. The van der Waals surface area contributed by atoms with E-state index in [0.717, 1.165) is 9.75 Å². The van der Waals surface area contributed by atoms with Crippen molar-refractivity contribution >= 4 is 34.0 Å². The fourth-order valence-corrected chi connectivity index (χ4v) is 4.66. The van der Waals surface area contributed by atoms with Gasteiger partial charge in [0.05, 0.1) is 16.0 Å². The van der Waals surface area contributed by atoms with E-state index < -0.39 is 0 Å². The highest BCUT2D eigenvalue weighted by molar-refractivity contribution is 7.25. The molecule has 2 nitrogen and oxygen atoms in total. The molecule has 0 saturated carbocycles. The Balaban J connectivity index is 2.08. The van der Waals surface area contributed by atoms with E-state index in [-0.39, 0.29) is 0 Å². The van der Waals surface area contributed by atoms with Gasteiger partial charge in [0.25, 0.3) is 0 Å². The first-order valence-corrected chi connectivity index (χ1v) is 7.97. The van der Waals surface area contributed by atoms with Crippen molar-refractivity contribution in [3.8, 4) is 31.6 Å².